The van der Waals surface area contributed by atoms with Crippen LogP contribution < -0.4 is 10.6 Å². The molecule has 0 saturated carbocycles. The van der Waals surface area contributed by atoms with Crippen LogP contribution in [0.25, 0.3) is 0 Å². The number of hydrogen-bond donors (Lipinski definition) is 3. The minimum Gasteiger partial charge on any atom is -0.480 e. The van der Waals surface area contributed by atoms with Gasteiger partial charge in [0.2, 0.25) is 11.8 Å². The molecular formula is C17H24N2O5. The van der Waals surface area contributed by atoms with Crippen molar-refractivity contribution < 1.29 is 24.2 Å². The third-order valence-corrected chi connectivity index (χ3v) is 3.07. The Morgan fingerprint density at radius 3 is 2.42 bits per heavy atom. The van der Waals surface area contributed by atoms with Crippen molar-refractivity contribution in [1.82, 2.24) is 10.6 Å². The Balaban J connectivity index is 2.62. The van der Waals surface area contributed by atoms with E-state index in [-0.39, 0.29) is 30.9 Å². The maximum atomic E-state index is 12.4. The van der Waals surface area contributed by atoms with E-state index in [4.69, 9.17) is 9.84 Å². The standard InChI is InChI=1S/C17H24N2O5/c1-12(2)10-14(20)19-16(13-6-4-3-5-7-13)17(23)18-8-9-24-11-15(21)22/h3-7,12,16H,8-11H2,1-2H3,(H,18,23)(H,19,20)(H,21,22). The summed E-state index contributed by atoms with van der Waals surface area (Å²) in [5.41, 5.74) is 0.679. The van der Waals surface area contributed by atoms with Gasteiger partial charge in [-0.25, -0.2) is 4.79 Å². The number of benzene rings is 1. The van der Waals surface area contributed by atoms with Gasteiger partial charge in [0.15, 0.2) is 0 Å². The normalized spacial score (nSPS) is 11.8. The summed E-state index contributed by atoms with van der Waals surface area (Å²) in [5, 5.41) is 13.8. The van der Waals surface area contributed by atoms with Crippen LogP contribution in [0.4, 0.5) is 0 Å². The fourth-order valence-electron chi connectivity index (χ4n) is 2.04. The maximum Gasteiger partial charge on any atom is 0.329 e. The van der Waals surface area contributed by atoms with Crippen molar-refractivity contribution in [3.05, 3.63) is 35.9 Å². The van der Waals surface area contributed by atoms with Crippen molar-refractivity contribution in [2.24, 2.45) is 5.92 Å². The van der Waals surface area contributed by atoms with Gasteiger partial charge in [-0.2, -0.15) is 0 Å². The maximum absolute atomic E-state index is 12.4. The van der Waals surface area contributed by atoms with Gasteiger partial charge in [0.25, 0.3) is 0 Å². The molecule has 0 heterocycles. The van der Waals surface area contributed by atoms with Crippen LogP contribution in [-0.4, -0.2) is 42.6 Å². The SMILES string of the molecule is CC(C)CC(=O)NC(C(=O)NCCOCC(=O)O)c1ccccc1. The Kier molecular flexibility index (Phi) is 8.49. The van der Waals surface area contributed by atoms with Crippen molar-refractivity contribution in [3.63, 3.8) is 0 Å². The molecule has 7 heteroatoms. The average molecular weight is 336 g/mol. The number of amides is 2. The predicted molar refractivity (Wildman–Crippen MR) is 88.2 cm³/mol. The van der Waals surface area contributed by atoms with E-state index in [1.807, 2.05) is 19.9 Å². The zero-order chi connectivity index (χ0) is 17.9. The van der Waals surface area contributed by atoms with Gasteiger partial charge in [-0.15, -0.1) is 0 Å². The Bertz CT molecular complexity index is 545. The van der Waals surface area contributed by atoms with Gasteiger partial charge >= 0.3 is 5.97 Å². The van der Waals surface area contributed by atoms with Gasteiger partial charge in [-0.3, -0.25) is 9.59 Å². The second kappa shape index (κ2) is 10.4. The van der Waals surface area contributed by atoms with Crippen molar-refractivity contribution >= 4 is 17.8 Å². The number of carbonyl (C=O) groups is 3. The fraction of sp³-hybridized carbons (Fsp3) is 0.471. The lowest BCUT2D eigenvalue weighted by Crippen LogP contribution is -2.41. The highest BCUT2D eigenvalue weighted by Gasteiger charge is 2.22. The lowest BCUT2D eigenvalue weighted by atomic mass is 10.0. The molecular weight excluding hydrogens is 312 g/mol. The van der Waals surface area contributed by atoms with Crippen molar-refractivity contribution in [1.29, 1.82) is 0 Å². The molecule has 1 aromatic carbocycles. The Morgan fingerprint density at radius 1 is 1.17 bits per heavy atom. The summed E-state index contributed by atoms with van der Waals surface area (Å²) in [6.07, 6.45) is 0.332. The van der Waals surface area contributed by atoms with Crippen LogP contribution >= 0.6 is 0 Å². The second-order valence-corrected chi connectivity index (χ2v) is 5.75. The second-order valence-electron chi connectivity index (χ2n) is 5.75. The minimum atomic E-state index is -1.07. The summed E-state index contributed by atoms with van der Waals surface area (Å²) in [4.78, 5) is 34.7. The van der Waals surface area contributed by atoms with E-state index in [9.17, 15) is 14.4 Å². The Labute approximate surface area is 141 Å². The van der Waals surface area contributed by atoms with Crippen LogP contribution in [0.2, 0.25) is 0 Å². The molecule has 7 nitrogen and oxygen atoms in total. The van der Waals surface area contributed by atoms with Crippen LogP contribution in [-0.2, 0) is 19.1 Å². The van der Waals surface area contributed by atoms with E-state index in [1.54, 1.807) is 24.3 Å². The lowest BCUT2D eigenvalue weighted by Gasteiger charge is -2.19. The molecule has 1 aromatic rings. The summed E-state index contributed by atoms with van der Waals surface area (Å²) in [6, 6.07) is 8.15. The number of aliphatic carboxylic acids is 1. The van der Waals surface area contributed by atoms with Gasteiger partial charge in [-0.1, -0.05) is 44.2 Å². The van der Waals surface area contributed by atoms with Gasteiger partial charge in [0, 0.05) is 13.0 Å². The van der Waals surface area contributed by atoms with Gasteiger partial charge in [-0.05, 0) is 11.5 Å². The molecule has 0 aliphatic rings. The molecule has 0 spiro atoms. The molecule has 0 aliphatic heterocycles. The van der Waals surface area contributed by atoms with E-state index >= 15 is 0 Å². The highest BCUT2D eigenvalue weighted by Crippen LogP contribution is 2.13. The van der Waals surface area contributed by atoms with Crippen LogP contribution in [0.5, 0.6) is 0 Å². The molecule has 1 atom stereocenters. The number of nitrogens with one attached hydrogen (secondary N) is 2. The molecule has 1 rings (SSSR count). The molecule has 1 unspecified atom stereocenters. The predicted octanol–water partition coefficient (Wildman–Crippen LogP) is 1.11. The van der Waals surface area contributed by atoms with E-state index < -0.39 is 18.6 Å². The van der Waals surface area contributed by atoms with Crippen molar-refractivity contribution in [2.75, 3.05) is 19.8 Å². The summed E-state index contributed by atoms with van der Waals surface area (Å²) < 4.78 is 4.86. The molecule has 0 aromatic heterocycles. The van der Waals surface area contributed by atoms with E-state index in [0.717, 1.165) is 0 Å². The van der Waals surface area contributed by atoms with Crippen molar-refractivity contribution in [3.8, 4) is 0 Å². The highest BCUT2D eigenvalue weighted by molar-refractivity contribution is 5.88. The van der Waals surface area contributed by atoms with Gasteiger partial charge < -0.3 is 20.5 Å². The first-order chi connectivity index (χ1) is 11.4. The number of carboxylic acid groups (broad SMARTS) is 1. The minimum absolute atomic E-state index is 0.0828. The number of carbonyl (C=O) groups excluding carboxylic acids is 2. The first kappa shape index (κ1) is 19.6. The Morgan fingerprint density at radius 2 is 1.83 bits per heavy atom. The lowest BCUT2D eigenvalue weighted by molar-refractivity contribution is -0.142. The molecule has 0 bridgehead atoms. The average Bonchev–Trinajstić information content (AvgIpc) is 2.52. The number of hydrogen-bond acceptors (Lipinski definition) is 4. The van der Waals surface area contributed by atoms with Crippen LogP contribution in [0.1, 0.15) is 31.9 Å². The van der Waals surface area contributed by atoms with Gasteiger partial charge in [0.1, 0.15) is 12.6 Å². The summed E-state index contributed by atoms with van der Waals surface area (Å²) in [5.74, 6) is -1.44. The van der Waals surface area contributed by atoms with E-state index in [0.29, 0.717) is 12.0 Å². The molecule has 24 heavy (non-hydrogen) atoms. The van der Waals surface area contributed by atoms with Crippen LogP contribution in [0.3, 0.4) is 0 Å². The third kappa shape index (κ3) is 7.73. The quantitative estimate of drug-likeness (QED) is 0.555. The fourth-order valence-corrected chi connectivity index (χ4v) is 2.04. The number of ether oxygens (including phenoxy) is 1. The zero-order valence-electron chi connectivity index (χ0n) is 14.0. The smallest absolute Gasteiger partial charge is 0.329 e. The van der Waals surface area contributed by atoms with E-state index in [1.165, 1.54) is 0 Å². The summed E-state index contributed by atoms with van der Waals surface area (Å²) in [6.45, 7) is 3.69. The molecule has 0 aliphatic carbocycles. The number of carboxylic acids is 1. The summed E-state index contributed by atoms with van der Waals surface area (Å²) in [7, 11) is 0. The summed E-state index contributed by atoms with van der Waals surface area (Å²) >= 11 is 0. The third-order valence-electron chi connectivity index (χ3n) is 3.07. The Hall–Kier alpha value is -2.41. The first-order valence-electron chi connectivity index (χ1n) is 7.81. The largest absolute Gasteiger partial charge is 0.480 e. The molecule has 3 N–H and O–H groups in total. The van der Waals surface area contributed by atoms with Gasteiger partial charge in [0.05, 0.1) is 6.61 Å². The van der Waals surface area contributed by atoms with Crippen LogP contribution in [0, 0.1) is 5.92 Å². The first-order valence-corrected chi connectivity index (χ1v) is 7.81. The molecule has 132 valence electrons. The molecule has 0 saturated heterocycles. The van der Waals surface area contributed by atoms with E-state index in [2.05, 4.69) is 10.6 Å². The topological polar surface area (TPSA) is 105 Å². The molecule has 2 amide bonds. The zero-order valence-corrected chi connectivity index (χ0v) is 14.0. The monoisotopic (exact) mass is 336 g/mol. The number of rotatable bonds is 10. The molecule has 0 fully saturated rings. The van der Waals surface area contributed by atoms with Crippen LogP contribution in [0.15, 0.2) is 30.3 Å². The highest BCUT2D eigenvalue weighted by atomic mass is 16.5. The molecule has 0 radical (unpaired) electrons. The van der Waals surface area contributed by atoms with Crippen molar-refractivity contribution in [2.45, 2.75) is 26.3 Å².